The van der Waals surface area contributed by atoms with E-state index in [0.717, 1.165) is 0 Å². The van der Waals surface area contributed by atoms with Crippen LogP contribution in [-0.4, -0.2) is 48.4 Å². The van der Waals surface area contributed by atoms with Crippen LogP contribution in [0.3, 0.4) is 0 Å². The minimum Gasteiger partial charge on any atom is -0.481 e. The van der Waals surface area contributed by atoms with Crippen molar-refractivity contribution >= 4 is 17.7 Å². The Morgan fingerprint density at radius 1 is 1.00 bits per heavy atom. The van der Waals surface area contributed by atoms with Crippen LogP contribution in [-0.2, 0) is 14.4 Å². The number of hydrogen-bond acceptors (Lipinski definition) is 6. The fraction of sp³-hybridized carbons (Fsp3) is 0.750. The lowest BCUT2D eigenvalue weighted by molar-refractivity contribution is -0.147. The van der Waals surface area contributed by atoms with Gasteiger partial charge in [-0.15, -0.1) is 0 Å². The van der Waals surface area contributed by atoms with E-state index >= 15 is 0 Å². The van der Waals surface area contributed by atoms with Crippen molar-refractivity contribution in [1.82, 2.24) is 5.32 Å². The molecular formula is C12H24N4O4. The summed E-state index contributed by atoms with van der Waals surface area (Å²) in [5, 5.41) is 11.5. The molecule has 20 heavy (non-hydrogen) atoms. The van der Waals surface area contributed by atoms with Crippen molar-refractivity contribution in [2.24, 2.45) is 23.1 Å². The first kappa shape index (κ1) is 18.5. The first-order valence-corrected chi connectivity index (χ1v) is 6.64. The molecule has 0 heterocycles. The van der Waals surface area contributed by atoms with Gasteiger partial charge < -0.3 is 27.6 Å². The second-order valence-corrected chi connectivity index (χ2v) is 4.48. The Morgan fingerprint density at radius 2 is 1.65 bits per heavy atom. The number of nitrogens with two attached hydrogens (primary N) is 3. The molecule has 8 nitrogen and oxygen atoms in total. The number of ketones is 1. The number of hydrogen-bond donors (Lipinski definition) is 5. The molecule has 0 aliphatic carbocycles. The van der Waals surface area contributed by atoms with Gasteiger partial charge in [0.15, 0.2) is 5.78 Å². The summed E-state index contributed by atoms with van der Waals surface area (Å²) < 4.78 is 0. The van der Waals surface area contributed by atoms with Gasteiger partial charge in [0.2, 0.25) is 5.91 Å². The van der Waals surface area contributed by atoms with E-state index in [1.807, 2.05) is 0 Å². The van der Waals surface area contributed by atoms with Gasteiger partial charge in [0.25, 0.3) is 0 Å². The van der Waals surface area contributed by atoms with E-state index in [2.05, 4.69) is 5.32 Å². The molecule has 0 aliphatic rings. The molecule has 0 aromatic heterocycles. The summed E-state index contributed by atoms with van der Waals surface area (Å²) in [5.41, 5.74) is 15.9. The number of aliphatic carboxylic acids is 1. The van der Waals surface area contributed by atoms with Crippen LogP contribution in [0, 0.1) is 5.92 Å². The Hall–Kier alpha value is -1.51. The molecule has 1 unspecified atom stereocenters. The van der Waals surface area contributed by atoms with Crippen LogP contribution in [0.4, 0.5) is 0 Å². The standard InChI is InChI=1S/C12H24N4O4/c13-5-2-1-3-9(16-10(17)7-15)11(18)8(4-6-14)12(19)20/h8-9H,1-7,13-15H2,(H,16,17)(H,19,20)/t8?,9-/m0/s1. The molecule has 8 heteroatoms. The van der Waals surface area contributed by atoms with Crippen molar-refractivity contribution in [2.45, 2.75) is 31.7 Å². The number of carbonyl (C=O) groups excluding carboxylic acids is 2. The van der Waals surface area contributed by atoms with Gasteiger partial charge in [0.1, 0.15) is 5.92 Å². The maximum absolute atomic E-state index is 12.2. The highest BCUT2D eigenvalue weighted by molar-refractivity contribution is 6.02. The van der Waals surface area contributed by atoms with Gasteiger partial charge in [0, 0.05) is 0 Å². The minimum atomic E-state index is -1.23. The monoisotopic (exact) mass is 288 g/mol. The fourth-order valence-electron chi connectivity index (χ4n) is 1.83. The molecule has 0 aliphatic heterocycles. The lowest BCUT2D eigenvalue weighted by atomic mass is 9.92. The van der Waals surface area contributed by atoms with Crippen molar-refractivity contribution in [1.29, 1.82) is 0 Å². The number of amides is 1. The van der Waals surface area contributed by atoms with Gasteiger partial charge in [0.05, 0.1) is 12.6 Å². The van der Waals surface area contributed by atoms with Crippen LogP contribution in [0.2, 0.25) is 0 Å². The molecule has 116 valence electrons. The lowest BCUT2D eigenvalue weighted by Crippen LogP contribution is -2.47. The predicted octanol–water partition coefficient (Wildman–Crippen LogP) is -1.82. The van der Waals surface area contributed by atoms with Crippen LogP contribution < -0.4 is 22.5 Å². The molecule has 0 spiro atoms. The predicted molar refractivity (Wildman–Crippen MR) is 73.7 cm³/mol. The molecule has 0 rings (SSSR count). The minimum absolute atomic E-state index is 0.0417. The Kier molecular flexibility index (Phi) is 9.52. The van der Waals surface area contributed by atoms with Gasteiger partial charge in [-0.2, -0.15) is 0 Å². The summed E-state index contributed by atoms with van der Waals surface area (Å²) in [6.45, 7) is 0.301. The van der Waals surface area contributed by atoms with Crippen LogP contribution >= 0.6 is 0 Å². The second kappa shape index (κ2) is 10.3. The Labute approximate surface area is 118 Å². The van der Waals surface area contributed by atoms with Crippen molar-refractivity contribution < 1.29 is 19.5 Å². The summed E-state index contributed by atoms with van der Waals surface area (Å²) in [4.78, 5) is 34.6. The normalized spacial score (nSPS) is 13.6. The summed E-state index contributed by atoms with van der Waals surface area (Å²) >= 11 is 0. The molecule has 0 radical (unpaired) electrons. The van der Waals surface area contributed by atoms with Crippen LogP contribution in [0.5, 0.6) is 0 Å². The maximum atomic E-state index is 12.2. The first-order chi connectivity index (χ1) is 9.47. The third kappa shape index (κ3) is 6.60. The third-order valence-electron chi connectivity index (χ3n) is 2.91. The quantitative estimate of drug-likeness (QED) is 0.221. The van der Waals surface area contributed by atoms with E-state index in [4.69, 9.17) is 22.3 Å². The Bertz CT molecular complexity index is 335. The third-order valence-corrected chi connectivity index (χ3v) is 2.91. The zero-order valence-electron chi connectivity index (χ0n) is 11.5. The van der Waals surface area contributed by atoms with Crippen molar-refractivity contribution in [3.05, 3.63) is 0 Å². The number of nitrogens with one attached hydrogen (secondary N) is 1. The largest absolute Gasteiger partial charge is 0.481 e. The molecule has 0 aromatic carbocycles. The van der Waals surface area contributed by atoms with Crippen molar-refractivity contribution in [2.75, 3.05) is 19.6 Å². The van der Waals surface area contributed by atoms with Gasteiger partial charge in [-0.05, 0) is 38.8 Å². The molecule has 0 bridgehead atoms. The molecular weight excluding hydrogens is 264 g/mol. The number of rotatable bonds is 11. The molecule has 1 amide bonds. The van der Waals surface area contributed by atoms with Crippen LogP contribution in [0.15, 0.2) is 0 Å². The van der Waals surface area contributed by atoms with Gasteiger partial charge in [-0.1, -0.05) is 0 Å². The summed E-state index contributed by atoms with van der Waals surface area (Å²) in [6, 6.07) is -0.856. The summed E-state index contributed by atoms with van der Waals surface area (Å²) in [7, 11) is 0. The molecule has 0 fully saturated rings. The molecule has 0 saturated carbocycles. The average molecular weight is 288 g/mol. The van der Waals surface area contributed by atoms with E-state index in [0.29, 0.717) is 25.8 Å². The maximum Gasteiger partial charge on any atom is 0.314 e. The zero-order valence-corrected chi connectivity index (χ0v) is 11.5. The van der Waals surface area contributed by atoms with Gasteiger partial charge >= 0.3 is 5.97 Å². The zero-order chi connectivity index (χ0) is 15.5. The Balaban J connectivity index is 4.81. The van der Waals surface area contributed by atoms with E-state index in [1.165, 1.54) is 0 Å². The molecule has 8 N–H and O–H groups in total. The van der Waals surface area contributed by atoms with Crippen LogP contribution in [0.1, 0.15) is 25.7 Å². The molecule has 2 atom stereocenters. The van der Waals surface area contributed by atoms with Crippen LogP contribution in [0.25, 0.3) is 0 Å². The van der Waals surface area contributed by atoms with E-state index in [9.17, 15) is 14.4 Å². The topological polar surface area (TPSA) is 162 Å². The highest BCUT2D eigenvalue weighted by Gasteiger charge is 2.32. The number of carboxylic acids is 1. The smallest absolute Gasteiger partial charge is 0.314 e. The average Bonchev–Trinajstić information content (AvgIpc) is 2.42. The van der Waals surface area contributed by atoms with Crippen molar-refractivity contribution in [3.63, 3.8) is 0 Å². The number of unbranched alkanes of at least 4 members (excludes halogenated alkanes) is 1. The SMILES string of the molecule is NCCCC[C@H](NC(=O)CN)C(=O)C(CCN)C(=O)O. The van der Waals surface area contributed by atoms with E-state index in [-0.39, 0.29) is 19.5 Å². The number of carbonyl (C=O) groups is 3. The molecule has 0 aromatic rings. The van der Waals surface area contributed by atoms with Crippen molar-refractivity contribution in [3.8, 4) is 0 Å². The Morgan fingerprint density at radius 3 is 2.10 bits per heavy atom. The number of carboxylic acid groups (broad SMARTS) is 1. The first-order valence-electron chi connectivity index (χ1n) is 6.64. The highest BCUT2D eigenvalue weighted by Crippen LogP contribution is 2.12. The lowest BCUT2D eigenvalue weighted by Gasteiger charge is -2.20. The van der Waals surface area contributed by atoms with Gasteiger partial charge in [-0.3, -0.25) is 14.4 Å². The highest BCUT2D eigenvalue weighted by atomic mass is 16.4. The second-order valence-electron chi connectivity index (χ2n) is 4.48. The number of Topliss-reactive ketones (excluding diaryl/α,β-unsaturated/α-hetero) is 1. The molecule has 0 saturated heterocycles. The van der Waals surface area contributed by atoms with E-state index in [1.54, 1.807) is 0 Å². The summed E-state index contributed by atoms with van der Waals surface area (Å²) in [6.07, 6.45) is 1.69. The van der Waals surface area contributed by atoms with Gasteiger partial charge in [-0.25, -0.2) is 0 Å². The fourth-order valence-corrected chi connectivity index (χ4v) is 1.83. The van der Waals surface area contributed by atoms with E-state index < -0.39 is 29.6 Å². The summed E-state index contributed by atoms with van der Waals surface area (Å²) in [5.74, 6) is -3.47.